The van der Waals surface area contributed by atoms with Crippen molar-refractivity contribution in [2.24, 2.45) is 0 Å². The molecule has 6 heteroatoms. The summed E-state index contributed by atoms with van der Waals surface area (Å²) >= 11 is 0. The number of rotatable bonds is 6. The lowest BCUT2D eigenvalue weighted by atomic mass is 10.0. The molecule has 134 valence electrons. The van der Waals surface area contributed by atoms with Crippen molar-refractivity contribution in [3.8, 4) is 11.5 Å². The molecule has 0 fully saturated rings. The number of carbonyl (C=O) groups excluding carboxylic acids is 3. The first-order valence-electron chi connectivity index (χ1n) is 7.90. The van der Waals surface area contributed by atoms with Crippen LogP contribution in [0, 0.1) is 0 Å². The number of benzene rings is 3. The van der Waals surface area contributed by atoms with E-state index in [0.717, 1.165) is 12.1 Å². The van der Waals surface area contributed by atoms with E-state index in [0.29, 0.717) is 16.9 Å². The molecule has 0 atom stereocenters. The van der Waals surface area contributed by atoms with E-state index < -0.39 is 23.1 Å². The van der Waals surface area contributed by atoms with Gasteiger partial charge in [0.25, 0.3) is 0 Å². The Morgan fingerprint density at radius 1 is 0.630 bits per heavy atom. The third-order valence-electron chi connectivity index (χ3n) is 3.82. The fraction of sp³-hybridized carbons (Fsp3) is 0. The Labute approximate surface area is 154 Å². The number of ether oxygens (including phenoxy) is 1. The Balaban J connectivity index is 1.81. The summed E-state index contributed by atoms with van der Waals surface area (Å²) in [6.45, 7) is 0. The molecule has 0 spiro atoms. The minimum absolute atomic E-state index is 0.112. The van der Waals surface area contributed by atoms with E-state index in [1.807, 2.05) is 6.07 Å². The SMILES string of the molecule is O=C(c1ccccc1)c1ccc(Oc2ccc(C(=O)[O-])c(C(=O)[O-])c2)cc1. The van der Waals surface area contributed by atoms with Crippen molar-refractivity contribution in [3.63, 3.8) is 0 Å². The van der Waals surface area contributed by atoms with Gasteiger partial charge in [0.15, 0.2) is 5.78 Å². The highest BCUT2D eigenvalue weighted by atomic mass is 16.5. The van der Waals surface area contributed by atoms with Crippen LogP contribution < -0.4 is 14.9 Å². The maximum atomic E-state index is 12.4. The molecule has 0 radical (unpaired) electrons. The summed E-state index contributed by atoms with van der Waals surface area (Å²) in [7, 11) is 0. The second-order valence-corrected chi connectivity index (χ2v) is 5.60. The number of carboxylic acids is 2. The lowest BCUT2D eigenvalue weighted by Gasteiger charge is -2.14. The highest BCUT2D eigenvalue weighted by Crippen LogP contribution is 2.25. The molecule has 0 aromatic heterocycles. The smallest absolute Gasteiger partial charge is 0.193 e. The van der Waals surface area contributed by atoms with Crippen molar-refractivity contribution in [1.29, 1.82) is 0 Å². The van der Waals surface area contributed by atoms with Gasteiger partial charge in [0.1, 0.15) is 11.5 Å². The molecule has 0 saturated heterocycles. The van der Waals surface area contributed by atoms with Gasteiger partial charge in [-0.25, -0.2) is 0 Å². The van der Waals surface area contributed by atoms with Crippen LogP contribution in [0.1, 0.15) is 36.6 Å². The quantitative estimate of drug-likeness (QED) is 0.616. The summed E-state index contributed by atoms with van der Waals surface area (Å²) in [5, 5.41) is 22.0. The zero-order valence-corrected chi connectivity index (χ0v) is 13.9. The van der Waals surface area contributed by atoms with Gasteiger partial charge in [-0.15, -0.1) is 0 Å². The highest BCUT2D eigenvalue weighted by Gasteiger charge is 2.10. The predicted molar refractivity (Wildman–Crippen MR) is 91.5 cm³/mol. The third kappa shape index (κ3) is 4.01. The minimum atomic E-state index is -1.65. The third-order valence-corrected chi connectivity index (χ3v) is 3.82. The van der Waals surface area contributed by atoms with Gasteiger partial charge in [-0.1, -0.05) is 30.3 Å². The van der Waals surface area contributed by atoms with Crippen LogP contribution in [0.15, 0.2) is 72.8 Å². The predicted octanol–water partition coefficient (Wildman–Crippen LogP) is 1.44. The highest BCUT2D eigenvalue weighted by molar-refractivity contribution is 6.09. The number of hydrogen-bond acceptors (Lipinski definition) is 6. The summed E-state index contributed by atoms with van der Waals surface area (Å²) in [5.74, 6) is -2.95. The molecule has 0 bridgehead atoms. The first kappa shape index (κ1) is 17.9. The molecule has 3 aromatic rings. The molecule has 0 heterocycles. The first-order chi connectivity index (χ1) is 13.0. The molecule has 0 aliphatic rings. The molecular weight excluding hydrogens is 348 g/mol. The average Bonchev–Trinajstić information content (AvgIpc) is 2.68. The maximum absolute atomic E-state index is 12.4. The molecule has 0 unspecified atom stereocenters. The van der Waals surface area contributed by atoms with Crippen LogP contribution in [-0.4, -0.2) is 17.7 Å². The summed E-state index contributed by atoms with van der Waals surface area (Å²) in [6, 6.07) is 18.5. The zero-order valence-electron chi connectivity index (χ0n) is 13.9. The Morgan fingerprint density at radius 3 is 1.78 bits per heavy atom. The van der Waals surface area contributed by atoms with E-state index in [9.17, 15) is 24.6 Å². The molecule has 3 rings (SSSR count). The van der Waals surface area contributed by atoms with E-state index >= 15 is 0 Å². The molecule has 3 aromatic carbocycles. The largest absolute Gasteiger partial charge is 0.545 e. The number of ketones is 1. The van der Waals surface area contributed by atoms with Gasteiger partial charge in [-0.3, -0.25) is 4.79 Å². The molecule has 0 amide bonds. The van der Waals surface area contributed by atoms with Crippen LogP contribution in [-0.2, 0) is 0 Å². The van der Waals surface area contributed by atoms with Crippen molar-refractivity contribution in [2.75, 3.05) is 0 Å². The monoisotopic (exact) mass is 360 g/mol. The average molecular weight is 360 g/mol. The lowest BCUT2D eigenvalue weighted by molar-refractivity contribution is -0.259. The molecule has 0 saturated carbocycles. The molecule has 0 N–H and O–H groups in total. The zero-order chi connectivity index (χ0) is 19.4. The summed E-state index contributed by atoms with van der Waals surface area (Å²) < 4.78 is 5.53. The van der Waals surface area contributed by atoms with Crippen molar-refractivity contribution < 1.29 is 29.3 Å². The van der Waals surface area contributed by atoms with Crippen LogP contribution in [0.4, 0.5) is 0 Å². The standard InChI is InChI=1S/C21H14O6/c22-19(13-4-2-1-3-5-13)14-6-8-15(9-7-14)27-16-10-11-17(20(23)24)18(12-16)21(25)26/h1-12H,(H,23,24)(H,25,26)/p-2. The Hall–Kier alpha value is -3.93. The van der Waals surface area contributed by atoms with Gasteiger partial charge in [0, 0.05) is 22.3 Å². The van der Waals surface area contributed by atoms with Crippen molar-refractivity contribution in [1.82, 2.24) is 0 Å². The van der Waals surface area contributed by atoms with E-state index in [1.54, 1.807) is 48.5 Å². The van der Waals surface area contributed by atoms with Crippen LogP contribution in [0.25, 0.3) is 0 Å². The van der Waals surface area contributed by atoms with Crippen LogP contribution in [0.2, 0.25) is 0 Å². The number of carboxylic acid groups (broad SMARTS) is 2. The molecule has 0 aliphatic heterocycles. The van der Waals surface area contributed by atoms with E-state index in [1.165, 1.54) is 6.07 Å². The normalized spacial score (nSPS) is 10.2. The van der Waals surface area contributed by atoms with Gasteiger partial charge in [0.05, 0.1) is 11.9 Å². The Bertz CT molecular complexity index is 1010. The van der Waals surface area contributed by atoms with Crippen LogP contribution in [0.3, 0.4) is 0 Å². The fourth-order valence-electron chi connectivity index (χ4n) is 2.50. The lowest BCUT2D eigenvalue weighted by Crippen LogP contribution is -2.30. The van der Waals surface area contributed by atoms with Crippen molar-refractivity contribution >= 4 is 17.7 Å². The van der Waals surface area contributed by atoms with E-state index in [4.69, 9.17) is 4.74 Å². The fourth-order valence-corrected chi connectivity index (χ4v) is 2.50. The number of hydrogen-bond donors (Lipinski definition) is 0. The molecule has 0 aliphatic carbocycles. The number of carbonyl (C=O) groups is 3. The second kappa shape index (κ2) is 7.53. The maximum Gasteiger partial charge on any atom is 0.193 e. The summed E-state index contributed by atoms with van der Waals surface area (Å²) in [4.78, 5) is 34.4. The van der Waals surface area contributed by atoms with Crippen LogP contribution in [0.5, 0.6) is 11.5 Å². The van der Waals surface area contributed by atoms with Gasteiger partial charge in [-0.05, 0) is 42.5 Å². The van der Waals surface area contributed by atoms with Gasteiger partial charge < -0.3 is 24.5 Å². The summed E-state index contributed by atoms with van der Waals surface area (Å²) in [6.07, 6.45) is 0. The van der Waals surface area contributed by atoms with Gasteiger partial charge in [0.2, 0.25) is 0 Å². The van der Waals surface area contributed by atoms with Crippen molar-refractivity contribution in [2.45, 2.75) is 0 Å². The second-order valence-electron chi connectivity index (χ2n) is 5.60. The van der Waals surface area contributed by atoms with E-state index in [2.05, 4.69) is 0 Å². The van der Waals surface area contributed by atoms with Crippen LogP contribution >= 0.6 is 0 Å². The van der Waals surface area contributed by atoms with Crippen molar-refractivity contribution in [3.05, 3.63) is 95.1 Å². The van der Waals surface area contributed by atoms with Gasteiger partial charge >= 0.3 is 0 Å². The molecule has 6 nitrogen and oxygen atoms in total. The Morgan fingerprint density at radius 2 is 1.19 bits per heavy atom. The minimum Gasteiger partial charge on any atom is -0.545 e. The first-order valence-corrected chi connectivity index (χ1v) is 7.90. The molecular formula is C21H12O6-2. The summed E-state index contributed by atoms with van der Waals surface area (Å²) in [5.41, 5.74) is -0.00607. The van der Waals surface area contributed by atoms with E-state index in [-0.39, 0.29) is 11.5 Å². The number of aromatic carboxylic acids is 2. The topological polar surface area (TPSA) is 107 Å². The van der Waals surface area contributed by atoms with Gasteiger partial charge in [-0.2, -0.15) is 0 Å². The molecule has 27 heavy (non-hydrogen) atoms. The Kier molecular flexibility index (Phi) is 4.99.